The summed E-state index contributed by atoms with van der Waals surface area (Å²) in [5.41, 5.74) is 1.86. The number of hydrogen-bond acceptors (Lipinski definition) is 6. The Morgan fingerprint density at radius 3 is 2.83 bits per heavy atom. The summed E-state index contributed by atoms with van der Waals surface area (Å²) in [5, 5.41) is 27.4. The second-order valence-corrected chi connectivity index (χ2v) is 13.3. The van der Waals surface area contributed by atoms with Gasteiger partial charge in [-0.2, -0.15) is 11.3 Å². The van der Waals surface area contributed by atoms with Gasteiger partial charge < -0.3 is 19.7 Å². The first kappa shape index (κ1) is 21.5. The number of rotatable bonds is 5. The summed E-state index contributed by atoms with van der Waals surface area (Å²) in [5.74, 6) is 1.73. The van der Waals surface area contributed by atoms with Crippen LogP contribution in [0.2, 0.25) is 0 Å². The molecule has 5 nitrogen and oxygen atoms in total. The summed E-state index contributed by atoms with van der Waals surface area (Å²) >= 11 is 1.64. The smallest absolute Gasteiger partial charge is 0.165 e. The molecule has 0 amide bonds. The van der Waals surface area contributed by atoms with Crippen LogP contribution in [0.15, 0.2) is 29.0 Å². The minimum absolute atomic E-state index is 0.0157. The first-order valence-electron chi connectivity index (χ1n) is 13.4. The molecule has 7 atom stereocenters. The van der Waals surface area contributed by atoms with Crippen molar-refractivity contribution in [1.29, 1.82) is 0 Å². The molecule has 1 aromatic carbocycles. The quantitative estimate of drug-likeness (QED) is 0.638. The van der Waals surface area contributed by atoms with E-state index in [1.54, 1.807) is 11.3 Å². The molecule has 9 rings (SSSR count). The lowest BCUT2D eigenvalue weighted by Crippen LogP contribution is -2.82. The molecular formula is C29H35NO4S. The van der Waals surface area contributed by atoms with E-state index in [0.717, 1.165) is 50.1 Å². The second-order valence-electron chi connectivity index (χ2n) is 12.6. The van der Waals surface area contributed by atoms with Crippen LogP contribution >= 0.6 is 11.3 Å². The standard InChI is InChI=1S/C29H35NO4S/c1-26(32,19-7-12-35-16-19)21-14-27-8-9-29(21,33-2)25-28(27)10-11-30(15-17-3-4-17)22(27)13-18-5-6-20(31)24(34-25)23(18)28/h5-7,12,16-17,21-22,25,31-32H,3-4,8-11,13-15H2,1-2H3/t21-,22-,25-,26-,27-,28+,29-/m1/s1. The highest BCUT2D eigenvalue weighted by Crippen LogP contribution is 2.78. The number of ether oxygens (including phenoxy) is 2. The van der Waals surface area contributed by atoms with Crippen LogP contribution in [-0.4, -0.2) is 53.1 Å². The van der Waals surface area contributed by atoms with Gasteiger partial charge in [0.15, 0.2) is 11.5 Å². The molecule has 2 N–H and O–H groups in total. The minimum atomic E-state index is -1.01. The van der Waals surface area contributed by atoms with Crippen LogP contribution in [0.3, 0.4) is 0 Å². The number of piperidine rings is 1. The van der Waals surface area contributed by atoms with Crippen molar-refractivity contribution in [1.82, 2.24) is 4.90 Å². The molecule has 1 saturated heterocycles. The summed E-state index contributed by atoms with van der Waals surface area (Å²) in [6, 6.07) is 6.51. The third-order valence-corrected chi connectivity index (χ3v) is 12.1. The van der Waals surface area contributed by atoms with Crippen LogP contribution < -0.4 is 4.74 Å². The van der Waals surface area contributed by atoms with Gasteiger partial charge in [0.25, 0.3) is 0 Å². The van der Waals surface area contributed by atoms with Gasteiger partial charge in [0, 0.05) is 42.0 Å². The van der Waals surface area contributed by atoms with Crippen molar-refractivity contribution in [3.8, 4) is 11.5 Å². The number of aliphatic hydroxyl groups is 1. The lowest BCUT2D eigenvalue weighted by molar-refractivity contribution is -0.304. The van der Waals surface area contributed by atoms with Crippen LogP contribution in [0.25, 0.3) is 0 Å². The van der Waals surface area contributed by atoms with Crippen LogP contribution in [0, 0.1) is 17.3 Å². The first-order chi connectivity index (χ1) is 16.9. The predicted molar refractivity (Wildman–Crippen MR) is 134 cm³/mol. The van der Waals surface area contributed by atoms with Crippen molar-refractivity contribution in [2.75, 3.05) is 20.2 Å². The maximum absolute atomic E-state index is 12.2. The third kappa shape index (κ3) is 2.33. The highest BCUT2D eigenvalue weighted by Gasteiger charge is 2.82. The summed E-state index contributed by atoms with van der Waals surface area (Å²) < 4.78 is 13.5. The first-order valence-corrected chi connectivity index (χ1v) is 14.4. The van der Waals surface area contributed by atoms with E-state index >= 15 is 0 Å². The van der Waals surface area contributed by atoms with Gasteiger partial charge in [0.2, 0.25) is 0 Å². The molecule has 5 fully saturated rings. The topological polar surface area (TPSA) is 62.2 Å². The number of methoxy groups -OCH3 is 1. The molecule has 4 bridgehead atoms. The second kappa shape index (κ2) is 6.63. The molecule has 3 heterocycles. The molecule has 1 aromatic heterocycles. The van der Waals surface area contributed by atoms with Crippen molar-refractivity contribution in [3.05, 3.63) is 45.6 Å². The Morgan fingerprint density at radius 1 is 1.23 bits per heavy atom. The van der Waals surface area contributed by atoms with E-state index in [9.17, 15) is 10.2 Å². The highest BCUT2D eigenvalue weighted by atomic mass is 32.1. The Labute approximate surface area is 211 Å². The largest absolute Gasteiger partial charge is 0.504 e. The molecule has 2 aliphatic heterocycles. The molecule has 2 aromatic rings. The minimum Gasteiger partial charge on any atom is -0.504 e. The van der Waals surface area contributed by atoms with Gasteiger partial charge in [-0.05, 0) is 98.4 Å². The van der Waals surface area contributed by atoms with Crippen molar-refractivity contribution in [2.24, 2.45) is 17.3 Å². The number of hydrogen-bond donors (Lipinski definition) is 2. The third-order valence-electron chi connectivity index (χ3n) is 11.4. The summed E-state index contributed by atoms with van der Waals surface area (Å²) in [6.45, 7) is 4.29. The van der Waals surface area contributed by atoms with Crippen LogP contribution in [-0.2, 0) is 22.2 Å². The average molecular weight is 494 g/mol. The maximum atomic E-state index is 12.2. The fourth-order valence-corrected chi connectivity index (χ4v) is 10.6. The number of phenolic OH excluding ortho intramolecular Hbond substituents is 1. The summed E-state index contributed by atoms with van der Waals surface area (Å²) in [4.78, 5) is 2.81. The fraction of sp³-hybridized carbons (Fsp3) is 0.655. The van der Waals surface area contributed by atoms with E-state index in [0.29, 0.717) is 11.8 Å². The van der Waals surface area contributed by atoms with E-state index in [1.807, 2.05) is 20.1 Å². The number of nitrogens with zero attached hydrogens (tertiary/aromatic N) is 1. The Hall–Kier alpha value is -1.60. The van der Waals surface area contributed by atoms with Crippen molar-refractivity contribution >= 4 is 11.3 Å². The summed E-state index contributed by atoms with van der Waals surface area (Å²) in [7, 11) is 1.82. The van der Waals surface area contributed by atoms with Crippen LogP contribution in [0.5, 0.6) is 11.5 Å². The Balaban J connectivity index is 1.37. The van der Waals surface area contributed by atoms with Gasteiger partial charge in [0.1, 0.15) is 11.7 Å². The molecule has 6 heteroatoms. The fourth-order valence-electron chi connectivity index (χ4n) is 9.81. The number of fused-ring (bicyclic) bond motifs is 2. The highest BCUT2D eigenvalue weighted by molar-refractivity contribution is 7.08. The Kier molecular flexibility index (Phi) is 4.07. The van der Waals surface area contributed by atoms with Crippen molar-refractivity contribution in [2.45, 2.75) is 80.6 Å². The molecule has 4 saturated carbocycles. The lowest BCUT2D eigenvalue weighted by Gasteiger charge is -2.75. The zero-order valence-corrected chi connectivity index (χ0v) is 21.4. The van der Waals surface area contributed by atoms with Crippen LogP contribution in [0.1, 0.15) is 62.1 Å². The van der Waals surface area contributed by atoms with E-state index < -0.39 is 11.2 Å². The Morgan fingerprint density at radius 2 is 2.09 bits per heavy atom. The summed E-state index contributed by atoms with van der Waals surface area (Å²) in [6.07, 6.45) is 7.52. The lowest BCUT2D eigenvalue weighted by atomic mass is 9.33. The zero-order valence-electron chi connectivity index (χ0n) is 20.6. The van der Waals surface area contributed by atoms with Crippen molar-refractivity contribution in [3.63, 3.8) is 0 Å². The van der Waals surface area contributed by atoms with E-state index in [4.69, 9.17) is 9.47 Å². The van der Waals surface area contributed by atoms with E-state index in [1.165, 1.54) is 30.5 Å². The van der Waals surface area contributed by atoms with Gasteiger partial charge >= 0.3 is 0 Å². The number of aromatic hydroxyl groups is 1. The van der Waals surface area contributed by atoms with Gasteiger partial charge in [-0.25, -0.2) is 0 Å². The van der Waals surface area contributed by atoms with Crippen molar-refractivity contribution < 1.29 is 19.7 Å². The molecule has 35 heavy (non-hydrogen) atoms. The molecule has 0 unspecified atom stereocenters. The molecule has 0 radical (unpaired) electrons. The van der Waals surface area contributed by atoms with Gasteiger partial charge in [-0.15, -0.1) is 0 Å². The number of benzene rings is 1. The van der Waals surface area contributed by atoms with E-state index in [2.05, 4.69) is 27.8 Å². The van der Waals surface area contributed by atoms with Crippen LogP contribution in [0.4, 0.5) is 0 Å². The molecule has 7 aliphatic rings. The average Bonchev–Trinajstić information content (AvgIpc) is 3.34. The molecule has 2 spiro atoms. The monoisotopic (exact) mass is 493 g/mol. The number of likely N-dealkylation sites (tertiary alicyclic amines) is 1. The molecule has 186 valence electrons. The predicted octanol–water partition coefficient (Wildman–Crippen LogP) is 4.59. The normalized spacial score (nSPS) is 42.4. The Bertz CT molecular complexity index is 1210. The SMILES string of the molecule is CO[C@]12CC[C@@]3(C[C@@H]1[C@](C)(O)c1ccsc1)[C@H]1Cc4ccc(O)c5c4[C@@]3(CCN1CC1CC1)[C@H]2O5. The number of phenols is 1. The maximum Gasteiger partial charge on any atom is 0.165 e. The van der Waals surface area contributed by atoms with E-state index in [-0.39, 0.29) is 28.6 Å². The zero-order chi connectivity index (χ0) is 23.8. The number of thiophene rings is 1. The molecular weight excluding hydrogens is 458 g/mol. The van der Waals surface area contributed by atoms with Gasteiger partial charge in [-0.3, -0.25) is 4.90 Å². The van der Waals surface area contributed by atoms with Gasteiger partial charge in [0.05, 0.1) is 5.60 Å². The molecule has 5 aliphatic carbocycles. The van der Waals surface area contributed by atoms with Gasteiger partial charge in [-0.1, -0.05) is 6.07 Å².